The standard InChI is InChI=1S/C16H30N4O2/c1-3-17-15(18-11-16(2)12-22-13-16)20-5-4-14(10-20)19-6-8-21-9-7-19/h14H,3-13H2,1-2H3,(H,17,18). The minimum absolute atomic E-state index is 0.240. The molecule has 0 saturated carbocycles. The van der Waals surface area contributed by atoms with Gasteiger partial charge in [-0.1, -0.05) is 6.92 Å². The minimum Gasteiger partial charge on any atom is -0.380 e. The van der Waals surface area contributed by atoms with Gasteiger partial charge in [-0.2, -0.15) is 0 Å². The van der Waals surface area contributed by atoms with E-state index in [1.54, 1.807) is 0 Å². The van der Waals surface area contributed by atoms with E-state index >= 15 is 0 Å². The first-order chi connectivity index (χ1) is 10.7. The molecule has 0 radical (unpaired) electrons. The van der Waals surface area contributed by atoms with Crippen molar-refractivity contribution in [2.45, 2.75) is 26.3 Å². The van der Waals surface area contributed by atoms with Crippen LogP contribution >= 0.6 is 0 Å². The Hall–Kier alpha value is -0.850. The lowest BCUT2D eigenvalue weighted by atomic mass is 9.89. The van der Waals surface area contributed by atoms with Gasteiger partial charge in [-0.25, -0.2) is 0 Å². The molecule has 0 aromatic heterocycles. The van der Waals surface area contributed by atoms with E-state index in [1.165, 1.54) is 6.42 Å². The van der Waals surface area contributed by atoms with E-state index in [0.717, 1.165) is 71.7 Å². The SMILES string of the molecule is CCNC(=NCC1(C)COC1)N1CCC(N2CCOCC2)C1. The lowest BCUT2D eigenvalue weighted by Gasteiger charge is -2.37. The van der Waals surface area contributed by atoms with Gasteiger partial charge in [-0.05, 0) is 13.3 Å². The van der Waals surface area contributed by atoms with Gasteiger partial charge in [0.15, 0.2) is 5.96 Å². The van der Waals surface area contributed by atoms with Gasteiger partial charge in [-0.15, -0.1) is 0 Å². The third kappa shape index (κ3) is 3.73. The number of nitrogens with one attached hydrogen (secondary N) is 1. The molecule has 3 fully saturated rings. The van der Waals surface area contributed by atoms with Gasteiger partial charge < -0.3 is 19.7 Å². The number of morpholine rings is 1. The maximum absolute atomic E-state index is 5.46. The van der Waals surface area contributed by atoms with E-state index in [-0.39, 0.29) is 5.41 Å². The lowest BCUT2D eigenvalue weighted by molar-refractivity contribution is -0.0946. The third-order valence-corrected chi connectivity index (χ3v) is 4.87. The summed E-state index contributed by atoms with van der Waals surface area (Å²) in [6.07, 6.45) is 1.23. The van der Waals surface area contributed by atoms with Crippen LogP contribution in [-0.2, 0) is 9.47 Å². The molecule has 3 heterocycles. The second-order valence-electron chi connectivity index (χ2n) is 7.01. The molecule has 0 amide bonds. The number of likely N-dealkylation sites (tertiary alicyclic amines) is 1. The summed E-state index contributed by atoms with van der Waals surface area (Å²) in [5.41, 5.74) is 0.240. The van der Waals surface area contributed by atoms with Crippen molar-refractivity contribution in [1.82, 2.24) is 15.1 Å². The van der Waals surface area contributed by atoms with Crippen molar-refractivity contribution < 1.29 is 9.47 Å². The molecule has 3 rings (SSSR count). The van der Waals surface area contributed by atoms with E-state index in [4.69, 9.17) is 14.5 Å². The highest BCUT2D eigenvalue weighted by Crippen LogP contribution is 2.27. The molecule has 1 N–H and O–H groups in total. The fourth-order valence-electron chi connectivity index (χ4n) is 3.41. The fourth-order valence-corrected chi connectivity index (χ4v) is 3.41. The zero-order chi connectivity index (χ0) is 15.4. The van der Waals surface area contributed by atoms with Crippen molar-refractivity contribution in [3.8, 4) is 0 Å². The summed E-state index contributed by atoms with van der Waals surface area (Å²) in [5.74, 6) is 1.08. The molecule has 0 aromatic rings. The van der Waals surface area contributed by atoms with Gasteiger partial charge >= 0.3 is 0 Å². The molecule has 0 bridgehead atoms. The van der Waals surface area contributed by atoms with E-state index in [1.807, 2.05) is 0 Å². The van der Waals surface area contributed by atoms with E-state index in [0.29, 0.717) is 6.04 Å². The number of hydrogen-bond acceptors (Lipinski definition) is 4. The molecule has 3 saturated heterocycles. The van der Waals surface area contributed by atoms with Gasteiger partial charge in [-0.3, -0.25) is 9.89 Å². The van der Waals surface area contributed by atoms with Crippen molar-refractivity contribution in [2.75, 3.05) is 65.7 Å². The highest BCUT2D eigenvalue weighted by molar-refractivity contribution is 5.80. The van der Waals surface area contributed by atoms with Crippen molar-refractivity contribution in [1.29, 1.82) is 0 Å². The minimum atomic E-state index is 0.240. The Morgan fingerprint density at radius 2 is 2.00 bits per heavy atom. The first-order valence-corrected chi connectivity index (χ1v) is 8.63. The highest BCUT2D eigenvalue weighted by atomic mass is 16.5. The summed E-state index contributed by atoms with van der Waals surface area (Å²) < 4.78 is 10.8. The van der Waals surface area contributed by atoms with Crippen LogP contribution in [0.25, 0.3) is 0 Å². The van der Waals surface area contributed by atoms with Gasteiger partial charge in [0.25, 0.3) is 0 Å². The van der Waals surface area contributed by atoms with Crippen LogP contribution in [-0.4, -0.2) is 87.5 Å². The average molecular weight is 310 g/mol. The van der Waals surface area contributed by atoms with Crippen molar-refractivity contribution >= 4 is 5.96 Å². The van der Waals surface area contributed by atoms with Gasteiger partial charge in [0.05, 0.1) is 33.0 Å². The average Bonchev–Trinajstić information content (AvgIpc) is 3.00. The number of nitrogens with zero attached hydrogens (tertiary/aromatic N) is 3. The normalized spacial score (nSPS) is 29.5. The predicted molar refractivity (Wildman–Crippen MR) is 87.3 cm³/mol. The number of guanidine groups is 1. The second kappa shape index (κ2) is 7.15. The zero-order valence-corrected chi connectivity index (χ0v) is 14.0. The molecule has 22 heavy (non-hydrogen) atoms. The summed E-state index contributed by atoms with van der Waals surface area (Å²) in [6, 6.07) is 0.648. The van der Waals surface area contributed by atoms with Crippen LogP contribution in [0, 0.1) is 5.41 Å². The second-order valence-corrected chi connectivity index (χ2v) is 7.01. The van der Waals surface area contributed by atoms with Crippen LogP contribution in [0.2, 0.25) is 0 Å². The predicted octanol–water partition coefficient (Wildman–Crippen LogP) is 0.395. The summed E-state index contributed by atoms with van der Waals surface area (Å²) in [7, 11) is 0. The summed E-state index contributed by atoms with van der Waals surface area (Å²) >= 11 is 0. The fraction of sp³-hybridized carbons (Fsp3) is 0.938. The maximum Gasteiger partial charge on any atom is 0.193 e. The van der Waals surface area contributed by atoms with E-state index in [2.05, 4.69) is 29.0 Å². The van der Waals surface area contributed by atoms with Crippen molar-refractivity contribution in [2.24, 2.45) is 10.4 Å². The van der Waals surface area contributed by atoms with Crippen LogP contribution in [0.3, 0.4) is 0 Å². The Bertz CT molecular complexity index is 392. The zero-order valence-electron chi connectivity index (χ0n) is 14.0. The summed E-state index contributed by atoms with van der Waals surface area (Å²) in [6.45, 7) is 13.9. The Morgan fingerprint density at radius 3 is 2.64 bits per heavy atom. The molecule has 0 aromatic carbocycles. The Kier molecular flexibility index (Phi) is 5.21. The van der Waals surface area contributed by atoms with E-state index < -0.39 is 0 Å². The molecule has 3 aliphatic heterocycles. The van der Waals surface area contributed by atoms with Crippen LogP contribution in [0.15, 0.2) is 4.99 Å². The third-order valence-electron chi connectivity index (χ3n) is 4.87. The molecular weight excluding hydrogens is 280 g/mol. The number of ether oxygens (including phenoxy) is 2. The Labute approximate surface area is 133 Å². The smallest absolute Gasteiger partial charge is 0.193 e. The topological polar surface area (TPSA) is 49.3 Å². The van der Waals surface area contributed by atoms with Crippen LogP contribution in [0.1, 0.15) is 20.3 Å². The monoisotopic (exact) mass is 310 g/mol. The number of aliphatic imine (C=N–C) groups is 1. The molecule has 1 atom stereocenters. The molecule has 6 heteroatoms. The van der Waals surface area contributed by atoms with Crippen LogP contribution in [0.4, 0.5) is 0 Å². The molecule has 6 nitrogen and oxygen atoms in total. The quantitative estimate of drug-likeness (QED) is 0.601. The summed E-state index contributed by atoms with van der Waals surface area (Å²) in [5, 5.41) is 3.46. The van der Waals surface area contributed by atoms with Crippen LogP contribution in [0.5, 0.6) is 0 Å². The highest BCUT2D eigenvalue weighted by Gasteiger charge is 2.34. The number of hydrogen-bond donors (Lipinski definition) is 1. The molecule has 1 unspecified atom stereocenters. The molecule has 126 valence electrons. The van der Waals surface area contributed by atoms with Crippen molar-refractivity contribution in [3.05, 3.63) is 0 Å². The van der Waals surface area contributed by atoms with E-state index in [9.17, 15) is 0 Å². The first kappa shape index (κ1) is 16.0. The molecule has 0 aliphatic carbocycles. The molecule has 0 spiro atoms. The lowest BCUT2D eigenvalue weighted by Crippen LogP contribution is -2.47. The summed E-state index contributed by atoms with van der Waals surface area (Å²) in [4.78, 5) is 9.88. The molecular formula is C16H30N4O2. The Balaban J connectivity index is 1.56. The van der Waals surface area contributed by atoms with Gasteiger partial charge in [0.2, 0.25) is 0 Å². The maximum atomic E-state index is 5.46. The number of rotatable bonds is 4. The van der Waals surface area contributed by atoms with Crippen LogP contribution < -0.4 is 5.32 Å². The van der Waals surface area contributed by atoms with Gasteiger partial charge in [0, 0.05) is 44.2 Å². The Morgan fingerprint density at radius 1 is 1.23 bits per heavy atom. The largest absolute Gasteiger partial charge is 0.380 e. The molecule has 3 aliphatic rings. The van der Waals surface area contributed by atoms with Crippen molar-refractivity contribution in [3.63, 3.8) is 0 Å². The first-order valence-electron chi connectivity index (χ1n) is 8.63. The van der Waals surface area contributed by atoms with Gasteiger partial charge in [0.1, 0.15) is 0 Å².